The van der Waals surface area contributed by atoms with Crippen LogP contribution in [0.25, 0.3) is 0 Å². The van der Waals surface area contributed by atoms with Gasteiger partial charge < -0.3 is 10.1 Å². The Balaban J connectivity index is 3.02. The summed E-state index contributed by atoms with van der Waals surface area (Å²) in [5.41, 5.74) is 0. The van der Waals surface area contributed by atoms with Gasteiger partial charge in [-0.2, -0.15) is 0 Å². The third-order valence-electron chi connectivity index (χ3n) is 1.64. The first-order valence-corrected chi connectivity index (χ1v) is 4.74. The van der Waals surface area contributed by atoms with Gasteiger partial charge in [-0.15, -0.1) is 6.58 Å². The fourth-order valence-corrected chi connectivity index (χ4v) is 1.02. The highest BCUT2D eigenvalue weighted by Crippen LogP contribution is 1.89. The van der Waals surface area contributed by atoms with Crippen molar-refractivity contribution >= 4 is 0 Å². The zero-order chi connectivity index (χ0) is 9.23. The molecule has 2 nitrogen and oxygen atoms in total. The van der Waals surface area contributed by atoms with Gasteiger partial charge in [0.25, 0.3) is 0 Å². The predicted molar refractivity (Wildman–Crippen MR) is 53.4 cm³/mol. The molecule has 0 amide bonds. The van der Waals surface area contributed by atoms with Crippen molar-refractivity contribution in [2.24, 2.45) is 0 Å². The molecule has 0 aromatic carbocycles. The van der Waals surface area contributed by atoms with Gasteiger partial charge in [0.15, 0.2) is 0 Å². The van der Waals surface area contributed by atoms with Crippen LogP contribution in [-0.2, 0) is 4.74 Å². The van der Waals surface area contributed by atoms with E-state index in [9.17, 15) is 0 Å². The Bertz CT molecular complexity index is 104. The first kappa shape index (κ1) is 11.7. The highest BCUT2D eigenvalue weighted by Gasteiger charge is 1.97. The molecule has 0 aromatic heterocycles. The largest absolute Gasteiger partial charge is 0.377 e. The quantitative estimate of drug-likeness (QED) is 0.445. The summed E-state index contributed by atoms with van der Waals surface area (Å²) in [6.07, 6.45) is 4.55. The number of hydrogen-bond donors (Lipinski definition) is 1. The summed E-state index contributed by atoms with van der Waals surface area (Å²) in [7, 11) is 0. The maximum atomic E-state index is 5.37. The molecule has 1 unspecified atom stereocenters. The van der Waals surface area contributed by atoms with E-state index < -0.39 is 0 Å². The van der Waals surface area contributed by atoms with Gasteiger partial charge in [-0.1, -0.05) is 6.08 Å². The van der Waals surface area contributed by atoms with Crippen molar-refractivity contribution in [1.82, 2.24) is 5.32 Å². The van der Waals surface area contributed by atoms with E-state index in [-0.39, 0.29) is 0 Å². The zero-order valence-electron chi connectivity index (χ0n) is 8.31. The number of hydrogen-bond acceptors (Lipinski definition) is 2. The van der Waals surface area contributed by atoms with Gasteiger partial charge in [0.05, 0.1) is 6.10 Å². The van der Waals surface area contributed by atoms with Crippen LogP contribution in [0, 0.1) is 0 Å². The Hall–Kier alpha value is -0.340. The topological polar surface area (TPSA) is 21.3 Å². The summed E-state index contributed by atoms with van der Waals surface area (Å²) in [5, 5.41) is 3.33. The molecule has 0 aliphatic heterocycles. The fourth-order valence-electron chi connectivity index (χ4n) is 1.02. The Morgan fingerprint density at radius 2 is 2.33 bits per heavy atom. The van der Waals surface area contributed by atoms with Crippen molar-refractivity contribution in [2.45, 2.75) is 32.8 Å². The van der Waals surface area contributed by atoms with Crippen molar-refractivity contribution in [3.8, 4) is 0 Å². The molecule has 0 aromatic rings. The monoisotopic (exact) mass is 171 g/mol. The predicted octanol–water partition coefficient (Wildman–Crippen LogP) is 1.97. The minimum atomic E-state index is 0.332. The molecular formula is C10H21NO. The fraction of sp³-hybridized carbons (Fsp3) is 0.800. The van der Waals surface area contributed by atoms with Gasteiger partial charge in [0.2, 0.25) is 0 Å². The molecule has 1 N–H and O–H groups in total. The lowest BCUT2D eigenvalue weighted by Crippen LogP contribution is -2.27. The molecule has 0 bridgehead atoms. The third-order valence-corrected chi connectivity index (χ3v) is 1.64. The molecule has 0 aliphatic carbocycles. The molecule has 12 heavy (non-hydrogen) atoms. The maximum Gasteiger partial charge on any atom is 0.0671 e. The van der Waals surface area contributed by atoms with Crippen LogP contribution in [0.3, 0.4) is 0 Å². The average molecular weight is 171 g/mol. The second-order valence-electron chi connectivity index (χ2n) is 2.90. The number of ether oxygens (including phenoxy) is 1. The summed E-state index contributed by atoms with van der Waals surface area (Å²) in [6.45, 7) is 10.6. The SMILES string of the molecule is C=CCCCNCC(C)OCC. The van der Waals surface area contributed by atoms with Crippen LogP contribution in [0.2, 0.25) is 0 Å². The lowest BCUT2D eigenvalue weighted by atomic mass is 10.3. The van der Waals surface area contributed by atoms with Crippen LogP contribution in [0.4, 0.5) is 0 Å². The number of unbranched alkanes of at least 4 members (excludes halogenated alkanes) is 1. The number of nitrogens with one attached hydrogen (secondary N) is 1. The van der Waals surface area contributed by atoms with E-state index in [1.165, 1.54) is 6.42 Å². The van der Waals surface area contributed by atoms with Gasteiger partial charge in [-0.3, -0.25) is 0 Å². The Kier molecular flexibility index (Phi) is 8.51. The van der Waals surface area contributed by atoms with E-state index in [0.29, 0.717) is 6.10 Å². The molecule has 0 rings (SSSR count). The number of allylic oxidation sites excluding steroid dienone is 1. The standard InChI is InChI=1S/C10H21NO/c1-4-6-7-8-11-9-10(3)12-5-2/h4,10-11H,1,5-9H2,2-3H3. The van der Waals surface area contributed by atoms with Gasteiger partial charge in [-0.25, -0.2) is 0 Å². The van der Waals surface area contributed by atoms with Crippen LogP contribution >= 0.6 is 0 Å². The molecule has 1 atom stereocenters. The smallest absolute Gasteiger partial charge is 0.0671 e. The molecular weight excluding hydrogens is 150 g/mol. The highest BCUT2D eigenvalue weighted by molar-refractivity contribution is 4.66. The van der Waals surface area contributed by atoms with Gasteiger partial charge >= 0.3 is 0 Å². The average Bonchev–Trinajstić information content (AvgIpc) is 2.05. The number of rotatable bonds is 8. The van der Waals surface area contributed by atoms with Crippen molar-refractivity contribution in [3.05, 3.63) is 12.7 Å². The van der Waals surface area contributed by atoms with E-state index in [2.05, 4.69) is 18.8 Å². The molecule has 0 heterocycles. The van der Waals surface area contributed by atoms with Crippen molar-refractivity contribution < 1.29 is 4.74 Å². The van der Waals surface area contributed by atoms with Crippen LogP contribution < -0.4 is 5.32 Å². The van der Waals surface area contributed by atoms with Crippen LogP contribution in [0.15, 0.2) is 12.7 Å². The lowest BCUT2D eigenvalue weighted by Gasteiger charge is -2.11. The minimum absolute atomic E-state index is 0.332. The van der Waals surface area contributed by atoms with Crippen LogP contribution in [0.5, 0.6) is 0 Å². The Labute approximate surface area is 76.0 Å². The van der Waals surface area contributed by atoms with E-state index in [1.807, 2.05) is 13.0 Å². The normalized spacial score (nSPS) is 12.8. The molecule has 72 valence electrons. The lowest BCUT2D eigenvalue weighted by molar-refractivity contribution is 0.0762. The summed E-state index contributed by atoms with van der Waals surface area (Å²) < 4.78 is 5.37. The first-order valence-electron chi connectivity index (χ1n) is 4.74. The van der Waals surface area contributed by atoms with Gasteiger partial charge in [-0.05, 0) is 33.2 Å². The van der Waals surface area contributed by atoms with E-state index in [1.54, 1.807) is 0 Å². The zero-order valence-corrected chi connectivity index (χ0v) is 8.31. The van der Waals surface area contributed by atoms with E-state index in [4.69, 9.17) is 4.74 Å². The molecule has 0 aliphatic rings. The van der Waals surface area contributed by atoms with Gasteiger partial charge in [0.1, 0.15) is 0 Å². The molecule has 0 spiro atoms. The minimum Gasteiger partial charge on any atom is -0.377 e. The third kappa shape index (κ3) is 7.76. The molecule has 0 fully saturated rings. The van der Waals surface area contributed by atoms with E-state index in [0.717, 1.165) is 26.1 Å². The summed E-state index contributed by atoms with van der Waals surface area (Å²) >= 11 is 0. The van der Waals surface area contributed by atoms with Crippen molar-refractivity contribution in [2.75, 3.05) is 19.7 Å². The van der Waals surface area contributed by atoms with Crippen LogP contribution in [0.1, 0.15) is 26.7 Å². The Morgan fingerprint density at radius 3 is 2.92 bits per heavy atom. The summed E-state index contributed by atoms with van der Waals surface area (Å²) in [4.78, 5) is 0. The van der Waals surface area contributed by atoms with Crippen LogP contribution in [-0.4, -0.2) is 25.8 Å². The van der Waals surface area contributed by atoms with Crippen molar-refractivity contribution in [1.29, 1.82) is 0 Å². The highest BCUT2D eigenvalue weighted by atomic mass is 16.5. The summed E-state index contributed by atoms with van der Waals surface area (Å²) in [5.74, 6) is 0. The first-order chi connectivity index (χ1) is 5.81. The second kappa shape index (κ2) is 8.75. The maximum absolute atomic E-state index is 5.37. The Morgan fingerprint density at radius 1 is 1.58 bits per heavy atom. The molecule has 0 radical (unpaired) electrons. The van der Waals surface area contributed by atoms with Crippen molar-refractivity contribution in [3.63, 3.8) is 0 Å². The van der Waals surface area contributed by atoms with Gasteiger partial charge in [0, 0.05) is 13.2 Å². The van der Waals surface area contributed by atoms with E-state index >= 15 is 0 Å². The second-order valence-corrected chi connectivity index (χ2v) is 2.90. The summed E-state index contributed by atoms with van der Waals surface area (Å²) in [6, 6.07) is 0. The molecule has 0 saturated carbocycles. The molecule has 2 heteroatoms. The molecule has 0 saturated heterocycles.